The van der Waals surface area contributed by atoms with E-state index in [1.807, 2.05) is 19.1 Å². The summed E-state index contributed by atoms with van der Waals surface area (Å²) in [5.41, 5.74) is 1.40. The Morgan fingerprint density at radius 3 is 2.75 bits per heavy atom. The van der Waals surface area contributed by atoms with Gasteiger partial charge in [0.15, 0.2) is 0 Å². The zero-order valence-corrected chi connectivity index (χ0v) is 9.73. The maximum Gasteiger partial charge on any atom is 0.269 e. The number of aliphatic hydroxyl groups is 1. The number of pyridine rings is 1. The Hall–Kier alpha value is -1.42. The first kappa shape index (κ1) is 12.6. The van der Waals surface area contributed by atoms with Crippen LogP contribution in [0.2, 0.25) is 0 Å². The number of hydrogen-bond donors (Lipinski definition) is 2. The highest BCUT2D eigenvalue weighted by Gasteiger charge is 2.21. The van der Waals surface area contributed by atoms with Gasteiger partial charge in [0.2, 0.25) is 0 Å². The van der Waals surface area contributed by atoms with Crippen LogP contribution < -0.4 is 5.32 Å². The standard InChI is InChI=1S/C11H14N2O.CH4O/c1-8-3-2-4-10(13-8)11(14)12-7-9-5-6-9;1-2/h2-4,9H,5-7H2,1H3,(H,12,14);2H,1H3. The number of carbonyl (C=O) groups excluding carboxylic acids is 1. The monoisotopic (exact) mass is 222 g/mol. The Balaban J connectivity index is 0.000000606. The highest BCUT2D eigenvalue weighted by molar-refractivity contribution is 5.92. The van der Waals surface area contributed by atoms with Crippen molar-refractivity contribution < 1.29 is 9.90 Å². The fourth-order valence-electron chi connectivity index (χ4n) is 1.32. The third-order valence-corrected chi connectivity index (χ3v) is 2.37. The Bertz CT molecular complexity index is 349. The third kappa shape index (κ3) is 3.98. The molecule has 0 unspecified atom stereocenters. The molecule has 1 saturated carbocycles. The van der Waals surface area contributed by atoms with Crippen molar-refractivity contribution in [2.24, 2.45) is 5.92 Å². The Kier molecular flexibility index (Phi) is 4.92. The number of nitrogens with one attached hydrogen (secondary N) is 1. The summed E-state index contributed by atoms with van der Waals surface area (Å²) in [5.74, 6) is 0.657. The van der Waals surface area contributed by atoms with E-state index in [0.29, 0.717) is 11.6 Å². The maximum atomic E-state index is 11.6. The Morgan fingerprint density at radius 1 is 1.50 bits per heavy atom. The van der Waals surface area contributed by atoms with Crippen molar-refractivity contribution in [3.05, 3.63) is 29.6 Å². The van der Waals surface area contributed by atoms with E-state index in [4.69, 9.17) is 5.11 Å². The van der Waals surface area contributed by atoms with Gasteiger partial charge in [0.05, 0.1) is 0 Å². The molecule has 0 aromatic carbocycles. The normalized spacial score (nSPS) is 13.7. The smallest absolute Gasteiger partial charge is 0.269 e. The topological polar surface area (TPSA) is 62.2 Å². The second-order valence-corrected chi connectivity index (χ2v) is 3.82. The van der Waals surface area contributed by atoms with E-state index < -0.39 is 0 Å². The first-order valence-electron chi connectivity index (χ1n) is 5.42. The summed E-state index contributed by atoms with van der Waals surface area (Å²) in [4.78, 5) is 15.7. The molecule has 1 heterocycles. The van der Waals surface area contributed by atoms with Gasteiger partial charge in [0, 0.05) is 19.3 Å². The Labute approximate surface area is 95.7 Å². The van der Waals surface area contributed by atoms with Crippen LogP contribution in [-0.2, 0) is 0 Å². The van der Waals surface area contributed by atoms with Gasteiger partial charge < -0.3 is 10.4 Å². The molecular formula is C12H18N2O2. The molecule has 2 rings (SSSR count). The SMILES string of the molecule is CO.Cc1cccc(C(=O)NCC2CC2)n1. The van der Waals surface area contributed by atoms with Crippen LogP contribution in [0.25, 0.3) is 0 Å². The quantitative estimate of drug-likeness (QED) is 0.806. The molecule has 0 spiro atoms. The van der Waals surface area contributed by atoms with Crippen molar-refractivity contribution in [1.29, 1.82) is 0 Å². The number of hydrogen-bond acceptors (Lipinski definition) is 3. The number of nitrogens with zero attached hydrogens (tertiary/aromatic N) is 1. The predicted octanol–water partition coefficient (Wildman–Crippen LogP) is 1.14. The molecule has 1 aliphatic carbocycles. The van der Waals surface area contributed by atoms with Crippen LogP contribution in [0.15, 0.2) is 18.2 Å². The van der Waals surface area contributed by atoms with Gasteiger partial charge >= 0.3 is 0 Å². The number of aryl methyl sites for hydroxylation is 1. The number of carbonyl (C=O) groups is 1. The molecule has 0 bridgehead atoms. The van der Waals surface area contributed by atoms with Crippen molar-refractivity contribution in [3.63, 3.8) is 0 Å². The maximum absolute atomic E-state index is 11.6. The molecule has 1 fully saturated rings. The molecule has 2 N–H and O–H groups in total. The van der Waals surface area contributed by atoms with Crippen molar-refractivity contribution in [3.8, 4) is 0 Å². The van der Waals surface area contributed by atoms with Crippen LogP contribution in [0.5, 0.6) is 0 Å². The van der Waals surface area contributed by atoms with E-state index >= 15 is 0 Å². The van der Waals surface area contributed by atoms with Crippen LogP contribution in [0.1, 0.15) is 29.0 Å². The van der Waals surface area contributed by atoms with Gasteiger partial charge in [-0.25, -0.2) is 4.98 Å². The van der Waals surface area contributed by atoms with Gasteiger partial charge in [-0.15, -0.1) is 0 Å². The van der Waals surface area contributed by atoms with Crippen LogP contribution in [0.4, 0.5) is 0 Å². The van der Waals surface area contributed by atoms with Gasteiger partial charge in [0.1, 0.15) is 5.69 Å². The van der Waals surface area contributed by atoms with Crippen molar-refractivity contribution in [2.45, 2.75) is 19.8 Å². The van der Waals surface area contributed by atoms with E-state index in [-0.39, 0.29) is 5.91 Å². The van der Waals surface area contributed by atoms with Gasteiger partial charge in [0.25, 0.3) is 5.91 Å². The van der Waals surface area contributed by atoms with Gasteiger partial charge in [-0.1, -0.05) is 6.07 Å². The number of aromatic nitrogens is 1. The summed E-state index contributed by atoms with van der Waals surface area (Å²) < 4.78 is 0. The van der Waals surface area contributed by atoms with Crippen LogP contribution in [0, 0.1) is 12.8 Å². The Morgan fingerprint density at radius 2 is 2.19 bits per heavy atom. The second kappa shape index (κ2) is 6.23. The highest BCUT2D eigenvalue weighted by Crippen LogP contribution is 2.27. The van der Waals surface area contributed by atoms with Crippen LogP contribution >= 0.6 is 0 Å². The van der Waals surface area contributed by atoms with Gasteiger partial charge in [-0.2, -0.15) is 0 Å². The largest absolute Gasteiger partial charge is 0.400 e. The first-order chi connectivity index (χ1) is 7.75. The van der Waals surface area contributed by atoms with E-state index in [2.05, 4.69) is 10.3 Å². The number of aliphatic hydroxyl groups excluding tert-OH is 1. The molecule has 0 saturated heterocycles. The van der Waals surface area contributed by atoms with Gasteiger partial charge in [-0.05, 0) is 37.8 Å². The van der Waals surface area contributed by atoms with Crippen molar-refractivity contribution in [2.75, 3.05) is 13.7 Å². The summed E-state index contributed by atoms with van der Waals surface area (Å²) in [6.07, 6.45) is 2.50. The summed E-state index contributed by atoms with van der Waals surface area (Å²) in [7, 11) is 1.00. The first-order valence-corrected chi connectivity index (χ1v) is 5.42. The minimum absolute atomic E-state index is 0.0550. The van der Waals surface area contributed by atoms with E-state index in [1.165, 1.54) is 12.8 Å². The van der Waals surface area contributed by atoms with E-state index in [9.17, 15) is 4.79 Å². The average Bonchev–Trinajstić information content (AvgIpc) is 3.12. The minimum Gasteiger partial charge on any atom is -0.400 e. The lowest BCUT2D eigenvalue weighted by molar-refractivity contribution is 0.0946. The summed E-state index contributed by atoms with van der Waals surface area (Å²) in [6, 6.07) is 5.49. The molecule has 0 radical (unpaired) electrons. The predicted molar refractivity (Wildman–Crippen MR) is 62.2 cm³/mol. The molecule has 1 aliphatic rings. The lowest BCUT2D eigenvalue weighted by atomic mass is 10.3. The molecule has 1 aromatic rings. The van der Waals surface area contributed by atoms with Crippen molar-refractivity contribution >= 4 is 5.91 Å². The summed E-state index contributed by atoms with van der Waals surface area (Å²) >= 11 is 0. The van der Waals surface area contributed by atoms with E-state index in [0.717, 1.165) is 19.3 Å². The zero-order valence-electron chi connectivity index (χ0n) is 9.73. The van der Waals surface area contributed by atoms with Crippen LogP contribution in [-0.4, -0.2) is 29.7 Å². The van der Waals surface area contributed by atoms with Crippen molar-refractivity contribution in [1.82, 2.24) is 10.3 Å². The zero-order chi connectivity index (χ0) is 12.0. The van der Waals surface area contributed by atoms with Crippen LogP contribution in [0.3, 0.4) is 0 Å². The molecule has 4 heteroatoms. The lowest BCUT2D eigenvalue weighted by Gasteiger charge is -2.03. The molecule has 1 aromatic heterocycles. The minimum atomic E-state index is -0.0550. The fourth-order valence-corrected chi connectivity index (χ4v) is 1.32. The summed E-state index contributed by atoms with van der Waals surface area (Å²) in [5, 5.41) is 9.89. The molecule has 0 aliphatic heterocycles. The molecule has 16 heavy (non-hydrogen) atoms. The van der Waals surface area contributed by atoms with E-state index in [1.54, 1.807) is 6.07 Å². The highest BCUT2D eigenvalue weighted by atomic mass is 16.2. The molecule has 88 valence electrons. The lowest BCUT2D eigenvalue weighted by Crippen LogP contribution is -2.26. The summed E-state index contributed by atoms with van der Waals surface area (Å²) in [6.45, 7) is 2.69. The fraction of sp³-hybridized carbons (Fsp3) is 0.500. The second-order valence-electron chi connectivity index (χ2n) is 3.82. The molecule has 1 amide bonds. The molecule has 0 atom stereocenters. The number of amides is 1. The molecular weight excluding hydrogens is 204 g/mol. The average molecular weight is 222 g/mol. The third-order valence-electron chi connectivity index (χ3n) is 2.37. The van der Waals surface area contributed by atoms with Gasteiger partial charge in [-0.3, -0.25) is 4.79 Å². The number of rotatable bonds is 3. The molecule has 4 nitrogen and oxygen atoms in total.